The molecule has 0 radical (unpaired) electrons. The number of benzene rings is 2. The van der Waals surface area contributed by atoms with Crippen molar-refractivity contribution in [1.29, 1.82) is 5.26 Å². The fraction of sp³-hybridized carbons (Fsp3) is 0. The zero-order chi connectivity index (χ0) is 13.1. The van der Waals surface area contributed by atoms with Crippen molar-refractivity contribution in [3.63, 3.8) is 0 Å². The number of rotatable bonds is 2. The van der Waals surface area contributed by atoms with Crippen molar-refractivity contribution in [2.45, 2.75) is 0 Å². The van der Waals surface area contributed by atoms with Gasteiger partial charge in [-0.3, -0.25) is 0 Å². The molecule has 0 aliphatic carbocycles. The molecule has 2 rings (SSSR count). The van der Waals surface area contributed by atoms with Crippen molar-refractivity contribution in [3.05, 3.63) is 52.3 Å². The molecule has 0 heterocycles. The first kappa shape index (κ1) is 12.4. The lowest BCUT2D eigenvalue weighted by Gasteiger charge is -2.11. The Labute approximate surface area is 112 Å². The van der Waals surface area contributed by atoms with Crippen molar-refractivity contribution < 1.29 is 4.39 Å². The van der Waals surface area contributed by atoms with Crippen LogP contribution in [-0.2, 0) is 0 Å². The molecule has 0 fully saturated rings. The summed E-state index contributed by atoms with van der Waals surface area (Å²) in [6, 6.07) is 11.5. The van der Waals surface area contributed by atoms with Crippen LogP contribution in [0.15, 0.2) is 40.9 Å². The molecule has 3 nitrogen and oxygen atoms in total. The van der Waals surface area contributed by atoms with E-state index in [1.165, 1.54) is 6.07 Å². The Balaban J connectivity index is 2.41. The minimum atomic E-state index is -0.389. The van der Waals surface area contributed by atoms with E-state index in [0.717, 1.165) is 4.47 Å². The summed E-state index contributed by atoms with van der Waals surface area (Å²) in [5.74, 6) is -0.389. The highest BCUT2D eigenvalue weighted by atomic mass is 79.9. The van der Waals surface area contributed by atoms with E-state index in [1.54, 1.807) is 30.3 Å². The van der Waals surface area contributed by atoms with E-state index in [4.69, 9.17) is 11.0 Å². The molecule has 0 saturated carbocycles. The first-order valence-electron chi connectivity index (χ1n) is 5.12. The molecule has 0 amide bonds. The van der Waals surface area contributed by atoms with E-state index in [2.05, 4.69) is 21.2 Å². The molecule has 0 aliphatic rings. The number of nitrogens with two attached hydrogens (primary N) is 1. The van der Waals surface area contributed by atoms with Gasteiger partial charge in [0.25, 0.3) is 0 Å². The van der Waals surface area contributed by atoms with E-state index >= 15 is 0 Å². The molecule has 3 N–H and O–H groups in total. The van der Waals surface area contributed by atoms with Gasteiger partial charge in [0.2, 0.25) is 0 Å². The third kappa shape index (κ3) is 2.44. The monoisotopic (exact) mass is 305 g/mol. The summed E-state index contributed by atoms with van der Waals surface area (Å²) >= 11 is 3.27. The maximum absolute atomic E-state index is 13.6. The average molecular weight is 306 g/mol. The van der Waals surface area contributed by atoms with Crippen LogP contribution in [0.1, 0.15) is 5.56 Å². The van der Waals surface area contributed by atoms with Crippen LogP contribution < -0.4 is 11.1 Å². The molecular weight excluding hydrogens is 297 g/mol. The predicted molar refractivity (Wildman–Crippen MR) is 73.0 cm³/mol. The second-order valence-electron chi connectivity index (χ2n) is 3.63. The number of nitrogens with zero attached hydrogens (tertiary/aromatic N) is 1. The SMILES string of the molecule is N#Cc1cccc(Nc2cc(Br)ccc2F)c1N. The van der Waals surface area contributed by atoms with E-state index < -0.39 is 0 Å². The summed E-state index contributed by atoms with van der Waals surface area (Å²) in [7, 11) is 0. The Hall–Kier alpha value is -2.06. The van der Waals surface area contributed by atoms with Gasteiger partial charge in [-0.2, -0.15) is 5.26 Å². The minimum absolute atomic E-state index is 0.297. The highest BCUT2D eigenvalue weighted by molar-refractivity contribution is 9.10. The zero-order valence-electron chi connectivity index (χ0n) is 9.24. The van der Waals surface area contributed by atoms with Gasteiger partial charge in [-0.15, -0.1) is 0 Å². The minimum Gasteiger partial charge on any atom is -0.396 e. The van der Waals surface area contributed by atoms with Crippen LogP contribution in [0.2, 0.25) is 0 Å². The maximum Gasteiger partial charge on any atom is 0.146 e. The summed E-state index contributed by atoms with van der Waals surface area (Å²) < 4.78 is 14.3. The summed E-state index contributed by atoms with van der Waals surface area (Å²) in [5, 5.41) is 11.7. The Morgan fingerprint density at radius 3 is 2.72 bits per heavy atom. The summed E-state index contributed by atoms with van der Waals surface area (Å²) in [5.41, 5.74) is 7.28. The van der Waals surface area contributed by atoms with Crippen molar-refractivity contribution in [2.24, 2.45) is 0 Å². The Morgan fingerprint density at radius 1 is 1.22 bits per heavy atom. The van der Waals surface area contributed by atoms with Crippen LogP contribution >= 0.6 is 15.9 Å². The Kier molecular flexibility index (Phi) is 3.49. The van der Waals surface area contributed by atoms with Gasteiger partial charge in [0.15, 0.2) is 0 Å². The fourth-order valence-corrected chi connectivity index (χ4v) is 1.87. The molecule has 0 unspecified atom stereocenters. The molecule has 5 heteroatoms. The molecule has 90 valence electrons. The van der Waals surface area contributed by atoms with Crippen LogP contribution in [0.5, 0.6) is 0 Å². The van der Waals surface area contributed by atoms with Gasteiger partial charge in [-0.1, -0.05) is 22.0 Å². The normalized spacial score (nSPS) is 9.83. The Morgan fingerprint density at radius 2 is 2.00 bits per heavy atom. The number of para-hydroxylation sites is 1. The lowest BCUT2D eigenvalue weighted by Crippen LogP contribution is -2.00. The molecule has 2 aromatic carbocycles. The number of nitrogen functional groups attached to an aromatic ring is 1. The van der Waals surface area contributed by atoms with Crippen LogP contribution in [-0.4, -0.2) is 0 Å². The van der Waals surface area contributed by atoms with Crippen molar-refractivity contribution in [2.75, 3.05) is 11.1 Å². The van der Waals surface area contributed by atoms with Crippen molar-refractivity contribution in [1.82, 2.24) is 0 Å². The van der Waals surface area contributed by atoms with Gasteiger partial charge in [-0.05, 0) is 30.3 Å². The fourth-order valence-electron chi connectivity index (χ4n) is 1.51. The second-order valence-corrected chi connectivity index (χ2v) is 4.54. The lowest BCUT2D eigenvalue weighted by molar-refractivity contribution is 0.631. The van der Waals surface area contributed by atoms with Gasteiger partial charge in [0, 0.05) is 4.47 Å². The zero-order valence-corrected chi connectivity index (χ0v) is 10.8. The third-order valence-corrected chi connectivity index (χ3v) is 2.92. The molecule has 0 bridgehead atoms. The number of nitrogens with one attached hydrogen (secondary N) is 1. The van der Waals surface area contributed by atoms with E-state index in [9.17, 15) is 4.39 Å². The van der Waals surface area contributed by atoms with Gasteiger partial charge in [0.05, 0.1) is 22.6 Å². The molecule has 0 aromatic heterocycles. The smallest absolute Gasteiger partial charge is 0.146 e. The van der Waals surface area contributed by atoms with E-state index in [1.807, 2.05) is 6.07 Å². The van der Waals surface area contributed by atoms with Crippen LogP contribution in [0.25, 0.3) is 0 Å². The second kappa shape index (κ2) is 5.07. The van der Waals surface area contributed by atoms with Gasteiger partial charge in [-0.25, -0.2) is 4.39 Å². The maximum atomic E-state index is 13.6. The quantitative estimate of drug-likeness (QED) is 0.830. The number of nitriles is 1. The largest absolute Gasteiger partial charge is 0.396 e. The highest BCUT2D eigenvalue weighted by Gasteiger charge is 2.07. The third-order valence-electron chi connectivity index (χ3n) is 2.42. The average Bonchev–Trinajstić information content (AvgIpc) is 2.36. The molecule has 2 aromatic rings. The summed E-state index contributed by atoms with van der Waals surface area (Å²) in [6.45, 7) is 0. The molecule has 0 spiro atoms. The molecule has 0 saturated heterocycles. The molecule has 18 heavy (non-hydrogen) atoms. The standard InChI is InChI=1S/C13H9BrFN3/c14-9-4-5-10(15)12(6-9)18-11-3-1-2-8(7-16)13(11)17/h1-6,18H,17H2. The first-order chi connectivity index (χ1) is 8.61. The van der Waals surface area contributed by atoms with Gasteiger partial charge >= 0.3 is 0 Å². The van der Waals surface area contributed by atoms with Gasteiger partial charge in [0.1, 0.15) is 11.9 Å². The van der Waals surface area contributed by atoms with Crippen molar-refractivity contribution in [3.8, 4) is 6.07 Å². The van der Waals surface area contributed by atoms with Crippen LogP contribution in [0.3, 0.4) is 0 Å². The number of hydrogen-bond donors (Lipinski definition) is 2. The number of anilines is 3. The lowest BCUT2D eigenvalue weighted by atomic mass is 10.1. The predicted octanol–water partition coefficient (Wildman–Crippen LogP) is 3.79. The van der Waals surface area contributed by atoms with Crippen LogP contribution in [0, 0.1) is 17.1 Å². The summed E-state index contributed by atoms with van der Waals surface area (Å²) in [4.78, 5) is 0. The van der Waals surface area contributed by atoms with Crippen LogP contribution in [0.4, 0.5) is 21.5 Å². The molecular formula is C13H9BrFN3. The van der Waals surface area contributed by atoms with E-state index in [-0.39, 0.29) is 5.82 Å². The number of hydrogen-bond acceptors (Lipinski definition) is 3. The summed E-state index contributed by atoms with van der Waals surface area (Å²) in [6.07, 6.45) is 0. The topological polar surface area (TPSA) is 61.8 Å². The Bertz CT molecular complexity index is 635. The van der Waals surface area contributed by atoms with Crippen molar-refractivity contribution >= 4 is 33.0 Å². The van der Waals surface area contributed by atoms with Gasteiger partial charge < -0.3 is 11.1 Å². The highest BCUT2D eigenvalue weighted by Crippen LogP contribution is 2.28. The van der Waals surface area contributed by atoms with E-state index in [0.29, 0.717) is 22.6 Å². The molecule has 0 aliphatic heterocycles. The first-order valence-corrected chi connectivity index (χ1v) is 5.92. The molecule has 0 atom stereocenters. The number of halogens is 2.